The van der Waals surface area contributed by atoms with Gasteiger partial charge in [0.15, 0.2) is 6.39 Å². The molecule has 2 rings (SSSR count). The number of aromatic nitrogens is 1. The Morgan fingerprint density at radius 2 is 2.46 bits per heavy atom. The van der Waals surface area contributed by atoms with Crippen LogP contribution in [0.2, 0.25) is 0 Å². The molecule has 13 heavy (non-hydrogen) atoms. The molecule has 3 heteroatoms. The average Bonchev–Trinajstić information content (AvgIpc) is 2.48. The minimum Gasteiger partial charge on any atom is -0.448 e. The third kappa shape index (κ3) is 1.48. The molecule has 0 saturated carbocycles. The third-order valence-corrected chi connectivity index (χ3v) is 2.78. The van der Waals surface area contributed by atoms with Crippen molar-refractivity contribution in [3.05, 3.63) is 17.8 Å². The maximum atomic E-state index is 5.72. The normalized spacial score (nSPS) is 25.6. The summed E-state index contributed by atoms with van der Waals surface area (Å²) < 4.78 is 5.36. The molecule has 2 N–H and O–H groups in total. The smallest absolute Gasteiger partial charge is 0.181 e. The van der Waals surface area contributed by atoms with Crippen LogP contribution in [0.4, 0.5) is 0 Å². The van der Waals surface area contributed by atoms with Gasteiger partial charge >= 0.3 is 0 Å². The lowest BCUT2D eigenvalue weighted by atomic mass is 9.73. The number of rotatable bonds is 1. The van der Waals surface area contributed by atoms with Crippen molar-refractivity contribution in [3.63, 3.8) is 0 Å². The summed E-state index contributed by atoms with van der Waals surface area (Å²) in [5.41, 5.74) is 7.10. The molecule has 1 aromatic rings. The second-order valence-electron chi connectivity index (χ2n) is 4.64. The van der Waals surface area contributed by atoms with Gasteiger partial charge in [0, 0.05) is 18.9 Å². The SMILES string of the molecule is CC1(C)Cc2ocnc2C(CN)C1. The van der Waals surface area contributed by atoms with E-state index in [1.54, 1.807) is 0 Å². The molecule has 1 aromatic heterocycles. The third-order valence-electron chi connectivity index (χ3n) is 2.78. The minimum absolute atomic E-state index is 0.302. The standard InChI is InChI=1S/C10H16N2O/c1-10(2)3-7(5-11)9-8(4-10)13-6-12-9/h6-7H,3-5,11H2,1-2H3. The van der Waals surface area contributed by atoms with E-state index in [1.165, 1.54) is 6.39 Å². The Hall–Kier alpha value is -0.830. The lowest BCUT2D eigenvalue weighted by Crippen LogP contribution is -2.29. The van der Waals surface area contributed by atoms with E-state index >= 15 is 0 Å². The molecule has 0 amide bonds. The predicted octanol–water partition coefficient (Wildman–Crippen LogP) is 1.69. The quantitative estimate of drug-likeness (QED) is 0.715. The van der Waals surface area contributed by atoms with Crippen LogP contribution in [0.15, 0.2) is 10.8 Å². The van der Waals surface area contributed by atoms with Crippen molar-refractivity contribution < 1.29 is 4.42 Å². The largest absolute Gasteiger partial charge is 0.448 e. The van der Waals surface area contributed by atoms with E-state index in [9.17, 15) is 0 Å². The van der Waals surface area contributed by atoms with Crippen LogP contribution >= 0.6 is 0 Å². The van der Waals surface area contributed by atoms with Gasteiger partial charge in [0.05, 0.1) is 5.69 Å². The summed E-state index contributed by atoms with van der Waals surface area (Å²) >= 11 is 0. The van der Waals surface area contributed by atoms with E-state index in [1.807, 2.05) is 0 Å². The summed E-state index contributed by atoms with van der Waals surface area (Å²) in [5.74, 6) is 1.42. The second-order valence-corrected chi connectivity index (χ2v) is 4.64. The molecule has 1 aliphatic carbocycles. The van der Waals surface area contributed by atoms with Gasteiger partial charge in [-0.05, 0) is 11.8 Å². The molecule has 0 radical (unpaired) electrons. The fourth-order valence-electron chi connectivity index (χ4n) is 2.21. The lowest BCUT2D eigenvalue weighted by Gasteiger charge is -2.32. The Kier molecular flexibility index (Phi) is 1.91. The van der Waals surface area contributed by atoms with Gasteiger partial charge in [0.25, 0.3) is 0 Å². The van der Waals surface area contributed by atoms with Gasteiger partial charge in [-0.2, -0.15) is 0 Å². The van der Waals surface area contributed by atoms with Gasteiger partial charge < -0.3 is 10.2 Å². The second kappa shape index (κ2) is 2.84. The molecule has 1 atom stereocenters. The lowest BCUT2D eigenvalue weighted by molar-refractivity contribution is 0.255. The van der Waals surface area contributed by atoms with Crippen LogP contribution in [0.5, 0.6) is 0 Å². The molecule has 0 aliphatic heterocycles. The Morgan fingerprint density at radius 1 is 1.69 bits per heavy atom. The molecule has 3 nitrogen and oxygen atoms in total. The molecule has 1 aliphatic rings. The topological polar surface area (TPSA) is 52.0 Å². The minimum atomic E-state index is 0.302. The zero-order chi connectivity index (χ0) is 9.47. The van der Waals surface area contributed by atoms with E-state index in [4.69, 9.17) is 10.2 Å². The van der Waals surface area contributed by atoms with Crippen molar-refractivity contribution in [2.75, 3.05) is 6.54 Å². The molecule has 0 bridgehead atoms. The Morgan fingerprint density at radius 3 is 3.15 bits per heavy atom. The highest BCUT2D eigenvalue weighted by molar-refractivity contribution is 5.19. The van der Waals surface area contributed by atoms with E-state index in [2.05, 4.69) is 18.8 Å². The highest BCUT2D eigenvalue weighted by Crippen LogP contribution is 2.40. The number of nitrogens with two attached hydrogens (primary N) is 1. The Balaban J connectivity index is 2.36. The highest BCUT2D eigenvalue weighted by Gasteiger charge is 2.34. The summed E-state index contributed by atoms with van der Waals surface area (Å²) in [7, 11) is 0. The van der Waals surface area contributed by atoms with Crippen molar-refractivity contribution in [1.29, 1.82) is 0 Å². The van der Waals surface area contributed by atoms with Gasteiger partial charge in [-0.25, -0.2) is 4.98 Å². The average molecular weight is 180 g/mol. The first-order valence-corrected chi connectivity index (χ1v) is 4.75. The zero-order valence-corrected chi connectivity index (χ0v) is 8.21. The predicted molar refractivity (Wildman–Crippen MR) is 50.4 cm³/mol. The van der Waals surface area contributed by atoms with E-state index < -0.39 is 0 Å². The Labute approximate surface area is 78.3 Å². The maximum absolute atomic E-state index is 5.72. The number of fused-ring (bicyclic) bond motifs is 1. The van der Waals surface area contributed by atoms with Crippen LogP contribution in [0.25, 0.3) is 0 Å². The van der Waals surface area contributed by atoms with E-state index in [0.29, 0.717) is 17.9 Å². The van der Waals surface area contributed by atoms with E-state index in [0.717, 1.165) is 24.3 Å². The summed E-state index contributed by atoms with van der Waals surface area (Å²) in [6.45, 7) is 5.17. The van der Waals surface area contributed by atoms with Crippen LogP contribution in [0.3, 0.4) is 0 Å². The first-order valence-electron chi connectivity index (χ1n) is 4.75. The first kappa shape index (κ1) is 8.75. The fraction of sp³-hybridized carbons (Fsp3) is 0.700. The maximum Gasteiger partial charge on any atom is 0.181 e. The van der Waals surface area contributed by atoms with Crippen LogP contribution in [0, 0.1) is 5.41 Å². The molecular formula is C10H16N2O. The van der Waals surface area contributed by atoms with Crippen LogP contribution < -0.4 is 5.73 Å². The number of oxazole rings is 1. The molecule has 72 valence electrons. The number of hydrogen-bond acceptors (Lipinski definition) is 3. The molecule has 0 fully saturated rings. The van der Waals surface area contributed by atoms with Crippen LogP contribution in [-0.4, -0.2) is 11.5 Å². The van der Waals surface area contributed by atoms with Crippen molar-refractivity contribution in [1.82, 2.24) is 4.98 Å². The van der Waals surface area contributed by atoms with Crippen LogP contribution in [0.1, 0.15) is 37.6 Å². The van der Waals surface area contributed by atoms with Gasteiger partial charge in [-0.1, -0.05) is 13.8 Å². The van der Waals surface area contributed by atoms with E-state index in [-0.39, 0.29) is 0 Å². The van der Waals surface area contributed by atoms with Crippen LogP contribution in [-0.2, 0) is 6.42 Å². The van der Waals surface area contributed by atoms with Gasteiger partial charge in [-0.3, -0.25) is 0 Å². The molecule has 1 heterocycles. The monoisotopic (exact) mass is 180 g/mol. The number of nitrogens with zero attached hydrogens (tertiary/aromatic N) is 1. The highest BCUT2D eigenvalue weighted by atomic mass is 16.3. The van der Waals surface area contributed by atoms with Gasteiger partial charge in [0.2, 0.25) is 0 Å². The summed E-state index contributed by atoms with van der Waals surface area (Å²) in [6.07, 6.45) is 3.64. The van der Waals surface area contributed by atoms with Gasteiger partial charge in [-0.15, -0.1) is 0 Å². The van der Waals surface area contributed by atoms with Crippen molar-refractivity contribution in [2.45, 2.75) is 32.6 Å². The van der Waals surface area contributed by atoms with Crippen molar-refractivity contribution in [3.8, 4) is 0 Å². The molecule has 0 spiro atoms. The van der Waals surface area contributed by atoms with Gasteiger partial charge in [0.1, 0.15) is 5.76 Å². The first-order chi connectivity index (χ1) is 6.12. The molecular weight excluding hydrogens is 164 g/mol. The molecule has 0 aromatic carbocycles. The summed E-state index contributed by atoms with van der Waals surface area (Å²) in [6, 6.07) is 0. The summed E-state index contributed by atoms with van der Waals surface area (Å²) in [4.78, 5) is 4.23. The number of hydrogen-bond donors (Lipinski definition) is 1. The summed E-state index contributed by atoms with van der Waals surface area (Å²) in [5, 5.41) is 0. The molecule has 0 saturated heterocycles. The van der Waals surface area contributed by atoms with Crippen molar-refractivity contribution in [2.24, 2.45) is 11.1 Å². The Bertz CT molecular complexity index is 304. The fourth-order valence-corrected chi connectivity index (χ4v) is 2.21. The van der Waals surface area contributed by atoms with Crippen molar-refractivity contribution >= 4 is 0 Å². The molecule has 1 unspecified atom stereocenters. The zero-order valence-electron chi connectivity index (χ0n) is 8.21.